The topological polar surface area (TPSA) is 75.9 Å². The van der Waals surface area contributed by atoms with Crippen LogP contribution in [0.5, 0.6) is 0 Å². The highest BCUT2D eigenvalue weighted by Gasteiger charge is 2.25. The van der Waals surface area contributed by atoms with Crippen LogP contribution in [0.15, 0.2) is 18.2 Å². The minimum Gasteiger partial charge on any atom is -0.383 e. The van der Waals surface area contributed by atoms with Gasteiger partial charge >= 0.3 is 0 Å². The minimum atomic E-state index is -0.563. The van der Waals surface area contributed by atoms with Crippen LogP contribution in [0.2, 0.25) is 5.02 Å². The van der Waals surface area contributed by atoms with Gasteiger partial charge < -0.3 is 9.64 Å². The van der Waals surface area contributed by atoms with Crippen LogP contribution >= 0.6 is 11.6 Å². The summed E-state index contributed by atoms with van der Waals surface area (Å²) in [5.41, 5.74) is 0.181. The zero-order valence-electron chi connectivity index (χ0n) is 13.2. The number of rotatable bonds is 5. The van der Waals surface area contributed by atoms with Gasteiger partial charge in [0, 0.05) is 51.0 Å². The van der Waals surface area contributed by atoms with E-state index in [9.17, 15) is 14.9 Å². The Labute approximate surface area is 139 Å². The van der Waals surface area contributed by atoms with Gasteiger partial charge in [-0.25, -0.2) is 0 Å². The normalized spacial score (nSPS) is 17.1. The largest absolute Gasteiger partial charge is 0.383 e. The molecule has 0 radical (unpaired) electrons. The molecule has 1 fully saturated rings. The molecule has 23 heavy (non-hydrogen) atoms. The number of methoxy groups -OCH3 is 1. The van der Waals surface area contributed by atoms with Gasteiger partial charge in [0.2, 0.25) is 0 Å². The molecule has 1 aliphatic heterocycles. The van der Waals surface area contributed by atoms with Crippen molar-refractivity contribution in [1.29, 1.82) is 0 Å². The number of hydrogen-bond donors (Lipinski definition) is 0. The van der Waals surface area contributed by atoms with Gasteiger partial charge in [-0.05, 0) is 19.1 Å². The summed E-state index contributed by atoms with van der Waals surface area (Å²) in [5, 5.41) is 10.7. The van der Waals surface area contributed by atoms with Gasteiger partial charge in [0.15, 0.2) is 0 Å². The Morgan fingerprint density at radius 3 is 2.57 bits per heavy atom. The molecule has 1 aromatic carbocycles. The van der Waals surface area contributed by atoms with Gasteiger partial charge in [-0.2, -0.15) is 0 Å². The van der Waals surface area contributed by atoms with Crippen molar-refractivity contribution in [3.63, 3.8) is 0 Å². The quantitative estimate of drug-likeness (QED) is 0.605. The van der Waals surface area contributed by atoms with E-state index in [1.54, 1.807) is 12.0 Å². The van der Waals surface area contributed by atoms with E-state index in [1.807, 2.05) is 0 Å². The first-order valence-corrected chi connectivity index (χ1v) is 7.78. The fourth-order valence-electron chi connectivity index (χ4n) is 2.68. The second kappa shape index (κ2) is 7.72. The van der Waals surface area contributed by atoms with Crippen LogP contribution in [0.1, 0.15) is 17.3 Å². The summed E-state index contributed by atoms with van der Waals surface area (Å²) < 4.78 is 5.15. The van der Waals surface area contributed by atoms with E-state index in [-0.39, 0.29) is 16.6 Å². The zero-order chi connectivity index (χ0) is 17.0. The van der Waals surface area contributed by atoms with Gasteiger partial charge in [-0.1, -0.05) is 11.6 Å². The summed E-state index contributed by atoms with van der Waals surface area (Å²) in [6.45, 7) is 5.53. The molecule has 0 aromatic heterocycles. The average molecular weight is 342 g/mol. The van der Waals surface area contributed by atoms with Gasteiger partial charge in [0.25, 0.3) is 11.6 Å². The van der Waals surface area contributed by atoms with E-state index in [2.05, 4.69) is 11.8 Å². The van der Waals surface area contributed by atoms with Crippen molar-refractivity contribution < 1.29 is 14.5 Å². The molecule has 0 bridgehead atoms. The van der Waals surface area contributed by atoms with Crippen molar-refractivity contribution >= 4 is 23.2 Å². The number of ether oxygens (including phenoxy) is 1. The zero-order valence-corrected chi connectivity index (χ0v) is 14.0. The number of halogens is 1. The molecule has 1 atom stereocenters. The first-order valence-electron chi connectivity index (χ1n) is 7.40. The molecule has 2 rings (SSSR count). The van der Waals surface area contributed by atoms with E-state index in [1.165, 1.54) is 18.2 Å². The number of nitro benzene ring substituents is 1. The fourth-order valence-corrected chi connectivity index (χ4v) is 2.93. The molecule has 0 N–H and O–H groups in total. The van der Waals surface area contributed by atoms with Gasteiger partial charge in [0.05, 0.1) is 11.5 Å². The van der Waals surface area contributed by atoms with Crippen LogP contribution in [-0.4, -0.2) is 66.6 Å². The number of amides is 1. The van der Waals surface area contributed by atoms with Crippen LogP contribution < -0.4 is 0 Å². The van der Waals surface area contributed by atoms with Gasteiger partial charge in [-0.15, -0.1) is 0 Å². The second-order valence-corrected chi connectivity index (χ2v) is 5.96. The lowest BCUT2D eigenvalue weighted by atomic mass is 10.1. The maximum absolute atomic E-state index is 12.5. The van der Waals surface area contributed by atoms with Crippen LogP contribution in [0.25, 0.3) is 0 Å². The van der Waals surface area contributed by atoms with Crippen molar-refractivity contribution in [1.82, 2.24) is 9.80 Å². The molecule has 1 aliphatic rings. The first-order chi connectivity index (χ1) is 10.9. The lowest BCUT2D eigenvalue weighted by Crippen LogP contribution is -2.52. The summed E-state index contributed by atoms with van der Waals surface area (Å²) in [5.74, 6) is -0.152. The van der Waals surface area contributed by atoms with Crippen LogP contribution in [0.3, 0.4) is 0 Å². The van der Waals surface area contributed by atoms with Crippen LogP contribution in [0, 0.1) is 10.1 Å². The van der Waals surface area contributed by atoms with Crippen molar-refractivity contribution in [3.8, 4) is 0 Å². The molecule has 0 aliphatic carbocycles. The number of carbonyl (C=O) groups excluding carboxylic acids is 1. The van der Waals surface area contributed by atoms with Crippen molar-refractivity contribution in [2.75, 3.05) is 39.9 Å². The SMILES string of the molecule is COC[C@@H](C)N1CCN(C(=O)c2ccc([N+](=O)[O-])c(Cl)c2)CC1. The van der Waals surface area contributed by atoms with Gasteiger partial charge in [0.1, 0.15) is 5.02 Å². The number of nitrogens with zero attached hydrogens (tertiary/aromatic N) is 3. The lowest BCUT2D eigenvalue weighted by Gasteiger charge is -2.37. The summed E-state index contributed by atoms with van der Waals surface area (Å²) in [6, 6.07) is 4.40. The maximum Gasteiger partial charge on any atom is 0.287 e. The molecule has 1 saturated heterocycles. The second-order valence-electron chi connectivity index (χ2n) is 5.56. The molecule has 8 heteroatoms. The summed E-state index contributed by atoms with van der Waals surface area (Å²) in [4.78, 5) is 26.7. The van der Waals surface area contributed by atoms with E-state index in [4.69, 9.17) is 16.3 Å². The Kier molecular flexibility index (Phi) is 5.92. The predicted molar refractivity (Wildman–Crippen MR) is 86.9 cm³/mol. The van der Waals surface area contributed by atoms with E-state index >= 15 is 0 Å². The Balaban J connectivity index is 2.00. The smallest absolute Gasteiger partial charge is 0.287 e. The third kappa shape index (κ3) is 4.19. The fraction of sp³-hybridized carbons (Fsp3) is 0.533. The molecule has 1 amide bonds. The monoisotopic (exact) mass is 341 g/mol. The number of benzene rings is 1. The summed E-state index contributed by atoms with van der Waals surface area (Å²) in [7, 11) is 1.68. The van der Waals surface area contributed by atoms with Crippen molar-refractivity contribution in [3.05, 3.63) is 38.9 Å². The molecule has 7 nitrogen and oxygen atoms in total. The van der Waals surface area contributed by atoms with E-state index in [0.717, 1.165) is 13.1 Å². The Bertz CT molecular complexity index is 588. The number of carbonyl (C=O) groups is 1. The lowest BCUT2D eigenvalue weighted by molar-refractivity contribution is -0.384. The molecule has 126 valence electrons. The predicted octanol–water partition coefficient (Wildman–Crippen LogP) is 2.04. The first kappa shape index (κ1) is 17.7. The number of piperazine rings is 1. The summed E-state index contributed by atoms with van der Waals surface area (Å²) >= 11 is 5.87. The minimum absolute atomic E-state index is 0.0202. The van der Waals surface area contributed by atoms with E-state index in [0.29, 0.717) is 31.3 Å². The van der Waals surface area contributed by atoms with Crippen LogP contribution in [0.4, 0.5) is 5.69 Å². The highest BCUT2D eigenvalue weighted by atomic mass is 35.5. The number of hydrogen-bond acceptors (Lipinski definition) is 5. The maximum atomic E-state index is 12.5. The Morgan fingerprint density at radius 2 is 2.04 bits per heavy atom. The highest BCUT2D eigenvalue weighted by Crippen LogP contribution is 2.25. The third-order valence-corrected chi connectivity index (χ3v) is 4.33. The molecule has 1 heterocycles. The molecule has 0 saturated carbocycles. The molecule has 0 spiro atoms. The molecular weight excluding hydrogens is 322 g/mol. The Morgan fingerprint density at radius 1 is 1.39 bits per heavy atom. The Hall–Kier alpha value is -1.70. The highest BCUT2D eigenvalue weighted by molar-refractivity contribution is 6.33. The standard InChI is InChI=1S/C15H20ClN3O4/c1-11(10-23-2)17-5-7-18(8-6-17)15(20)12-3-4-14(19(21)22)13(16)9-12/h3-4,9,11H,5-8,10H2,1-2H3/t11-/m1/s1. The third-order valence-electron chi connectivity index (χ3n) is 4.02. The average Bonchev–Trinajstić information content (AvgIpc) is 2.54. The molecule has 1 aromatic rings. The summed E-state index contributed by atoms with van der Waals surface area (Å²) in [6.07, 6.45) is 0. The van der Waals surface area contributed by atoms with Gasteiger partial charge in [-0.3, -0.25) is 19.8 Å². The van der Waals surface area contributed by atoms with Crippen LogP contribution in [-0.2, 0) is 4.74 Å². The molecule has 0 unspecified atom stereocenters. The molecular formula is C15H20ClN3O4. The van der Waals surface area contributed by atoms with Crippen molar-refractivity contribution in [2.24, 2.45) is 0 Å². The van der Waals surface area contributed by atoms with Crippen molar-refractivity contribution in [2.45, 2.75) is 13.0 Å². The number of nitro groups is 1. The van der Waals surface area contributed by atoms with E-state index < -0.39 is 4.92 Å².